The quantitative estimate of drug-likeness (QED) is 0.324. The highest BCUT2D eigenvalue weighted by Crippen LogP contribution is 2.50. The van der Waals surface area contributed by atoms with E-state index in [0.717, 1.165) is 61.7 Å². The molecule has 5 heterocycles. The van der Waals surface area contributed by atoms with E-state index in [0.29, 0.717) is 26.2 Å². The summed E-state index contributed by atoms with van der Waals surface area (Å²) in [6, 6.07) is 17.0. The molecule has 1 amide bonds. The van der Waals surface area contributed by atoms with Crippen LogP contribution in [0.3, 0.4) is 0 Å². The normalized spacial score (nSPS) is 22.3. The number of carbonyl (C=O) groups is 1. The summed E-state index contributed by atoms with van der Waals surface area (Å²) in [6.45, 7) is 10.1. The Morgan fingerprint density at radius 1 is 1.10 bits per heavy atom. The van der Waals surface area contributed by atoms with E-state index < -0.39 is 6.35 Å². The molecule has 8 rings (SSSR count). The standard InChI is InChI=1S/C33H32N6O3/c1-5-28(40)37-12-13-38-23(17-37)18-41-27-15-22(29-19(2)10-11-21-16-36(4)35-31(21)29)14-26-30(27)32(38)34-33-39(26)25-9-7-6-8-24(25)20(3)42-33/h5-11,14-16,20,23,33H,1,12-13,17-18H2,2-4H3/t20?,23-,33?/m0/s1. The zero-order chi connectivity index (χ0) is 28.7. The van der Waals surface area contributed by atoms with Crippen molar-refractivity contribution in [1.82, 2.24) is 19.6 Å². The molecule has 1 aromatic heterocycles. The Balaban J connectivity index is 1.36. The summed E-state index contributed by atoms with van der Waals surface area (Å²) in [5, 5.41) is 5.93. The van der Waals surface area contributed by atoms with Crippen LogP contribution in [0.2, 0.25) is 0 Å². The van der Waals surface area contributed by atoms with Crippen molar-refractivity contribution in [2.45, 2.75) is 32.3 Å². The lowest BCUT2D eigenvalue weighted by Gasteiger charge is -2.46. The number of amidine groups is 1. The number of anilines is 2. The second-order valence-electron chi connectivity index (χ2n) is 11.5. The second-order valence-corrected chi connectivity index (χ2v) is 11.5. The van der Waals surface area contributed by atoms with Crippen molar-refractivity contribution in [1.29, 1.82) is 0 Å². The van der Waals surface area contributed by atoms with Crippen molar-refractivity contribution in [3.8, 4) is 16.9 Å². The molecule has 0 radical (unpaired) electrons. The number of benzene rings is 3. The summed E-state index contributed by atoms with van der Waals surface area (Å²) >= 11 is 0. The molecule has 2 unspecified atom stereocenters. The molecule has 0 spiro atoms. The van der Waals surface area contributed by atoms with Crippen LogP contribution in [0.25, 0.3) is 22.0 Å². The van der Waals surface area contributed by atoms with Gasteiger partial charge in [-0.05, 0) is 49.2 Å². The highest BCUT2D eigenvalue weighted by molar-refractivity contribution is 6.10. The predicted octanol–water partition coefficient (Wildman–Crippen LogP) is 4.91. The molecule has 3 aromatic carbocycles. The molecular formula is C33H32N6O3. The molecule has 0 saturated carbocycles. The number of aliphatic imine (C=N–C) groups is 1. The van der Waals surface area contributed by atoms with Crippen LogP contribution >= 0.6 is 0 Å². The highest BCUT2D eigenvalue weighted by Gasteiger charge is 2.44. The van der Waals surface area contributed by atoms with Crippen molar-refractivity contribution >= 4 is 34.0 Å². The molecule has 4 aliphatic heterocycles. The van der Waals surface area contributed by atoms with Gasteiger partial charge in [0.15, 0.2) is 0 Å². The van der Waals surface area contributed by atoms with Crippen LogP contribution in [-0.4, -0.2) is 70.0 Å². The van der Waals surface area contributed by atoms with Crippen LogP contribution in [-0.2, 0) is 16.6 Å². The number of aromatic nitrogens is 2. The van der Waals surface area contributed by atoms with E-state index in [-0.39, 0.29) is 18.1 Å². The van der Waals surface area contributed by atoms with Gasteiger partial charge in [-0.1, -0.05) is 36.9 Å². The van der Waals surface area contributed by atoms with Crippen molar-refractivity contribution in [2.24, 2.45) is 12.0 Å². The van der Waals surface area contributed by atoms with Gasteiger partial charge in [-0.25, -0.2) is 4.99 Å². The lowest BCUT2D eigenvalue weighted by Crippen LogP contribution is -2.58. The molecule has 3 atom stereocenters. The summed E-state index contributed by atoms with van der Waals surface area (Å²) in [7, 11) is 1.95. The summed E-state index contributed by atoms with van der Waals surface area (Å²) in [6.07, 6.45) is 2.80. The summed E-state index contributed by atoms with van der Waals surface area (Å²) in [5.41, 5.74) is 8.37. The Morgan fingerprint density at radius 3 is 2.81 bits per heavy atom. The Kier molecular flexibility index (Phi) is 5.49. The zero-order valence-corrected chi connectivity index (χ0v) is 23.9. The molecule has 0 N–H and O–H groups in total. The van der Waals surface area contributed by atoms with E-state index in [1.165, 1.54) is 6.08 Å². The first-order valence-electron chi connectivity index (χ1n) is 14.4. The summed E-state index contributed by atoms with van der Waals surface area (Å²) < 4.78 is 15.1. The summed E-state index contributed by atoms with van der Waals surface area (Å²) in [4.78, 5) is 24.1. The minimum absolute atomic E-state index is 0.0501. The average Bonchev–Trinajstić information content (AvgIpc) is 3.30. The minimum Gasteiger partial charge on any atom is -0.490 e. The van der Waals surface area contributed by atoms with Gasteiger partial charge in [-0.3, -0.25) is 14.4 Å². The third kappa shape index (κ3) is 3.62. The third-order valence-electron chi connectivity index (χ3n) is 8.94. The van der Waals surface area contributed by atoms with E-state index in [9.17, 15) is 4.79 Å². The van der Waals surface area contributed by atoms with Crippen LogP contribution in [0.4, 0.5) is 11.4 Å². The van der Waals surface area contributed by atoms with Gasteiger partial charge >= 0.3 is 0 Å². The molecule has 0 bridgehead atoms. The van der Waals surface area contributed by atoms with Crippen molar-refractivity contribution in [3.63, 3.8) is 0 Å². The smallest absolute Gasteiger partial charge is 0.246 e. The second kappa shape index (κ2) is 9.19. The number of amides is 1. The largest absolute Gasteiger partial charge is 0.490 e. The third-order valence-corrected chi connectivity index (χ3v) is 8.94. The fraction of sp³-hybridized carbons (Fsp3) is 0.303. The highest BCUT2D eigenvalue weighted by atomic mass is 16.5. The molecule has 4 aliphatic rings. The number of rotatable bonds is 2. The van der Waals surface area contributed by atoms with Crippen LogP contribution in [0.15, 0.2) is 72.4 Å². The summed E-state index contributed by atoms with van der Waals surface area (Å²) in [5.74, 6) is 1.58. The number of aryl methyl sites for hydroxylation is 2. The van der Waals surface area contributed by atoms with Gasteiger partial charge in [0.25, 0.3) is 0 Å². The average molecular weight is 561 g/mol. The van der Waals surface area contributed by atoms with Gasteiger partial charge in [0.05, 0.1) is 29.1 Å². The lowest BCUT2D eigenvalue weighted by molar-refractivity contribution is -0.128. The lowest BCUT2D eigenvalue weighted by atomic mass is 9.93. The molecule has 212 valence electrons. The van der Waals surface area contributed by atoms with Gasteiger partial charge in [-0.15, -0.1) is 0 Å². The Hall–Kier alpha value is -4.63. The first-order valence-corrected chi connectivity index (χ1v) is 14.4. The molecular weight excluding hydrogens is 528 g/mol. The monoisotopic (exact) mass is 560 g/mol. The number of hydrogen-bond donors (Lipinski definition) is 0. The Labute approximate surface area is 244 Å². The van der Waals surface area contributed by atoms with E-state index >= 15 is 0 Å². The maximum atomic E-state index is 12.5. The number of ether oxygens (including phenoxy) is 2. The first-order chi connectivity index (χ1) is 20.4. The number of fused-ring (bicyclic) bond motifs is 7. The minimum atomic E-state index is -0.529. The number of piperazine rings is 1. The van der Waals surface area contributed by atoms with Gasteiger partial charge in [0.1, 0.15) is 23.7 Å². The van der Waals surface area contributed by atoms with E-state index in [2.05, 4.69) is 78.8 Å². The maximum absolute atomic E-state index is 12.5. The van der Waals surface area contributed by atoms with Crippen LogP contribution in [0.5, 0.6) is 5.75 Å². The molecule has 42 heavy (non-hydrogen) atoms. The number of para-hydroxylation sites is 1. The molecule has 9 heteroatoms. The molecule has 0 aliphatic carbocycles. The topological polar surface area (TPSA) is 75.4 Å². The molecule has 4 aromatic rings. The number of nitrogens with zero attached hydrogens (tertiary/aromatic N) is 6. The van der Waals surface area contributed by atoms with Crippen molar-refractivity contribution < 1.29 is 14.3 Å². The molecule has 1 fully saturated rings. The van der Waals surface area contributed by atoms with Gasteiger partial charge in [0.2, 0.25) is 12.3 Å². The fourth-order valence-corrected chi connectivity index (χ4v) is 6.95. The van der Waals surface area contributed by atoms with Gasteiger partial charge in [-0.2, -0.15) is 5.10 Å². The predicted molar refractivity (Wildman–Crippen MR) is 162 cm³/mol. The molecule has 1 saturated heterocycles. The van der Waals surface area contributed by atoms with Crippen LogP contribution < -0.4 is 9.64 Å². The fourth-order valence-electron chi connectivity index (χ4n) is 6.95. The maximum Gasteiger partial charge on any atom is 0.246 e. The van der Waals surface area contributed by atoms with E-state index in [1.807, 2.05) is 22.8 Å². The van der Waals surface area contributed by atoms with Crippen molar-refractivity contribution in [3.05, 3.63) is 84.1 Å². The number of carbonyl (C=O) groups excluding carboxylic acids is 1. The van der Waals surface area contributed by atoms with Crippen molar-refractivity contribution in [2.75, 3.05) is 31.1 Å². The van der Waals surface area contributed by atoms with E-state index in [4.69, 9.17) is 19.6 Å². The van der Waals surface area contributed by atoms with Crippen LogP contribution in [0.1, 0.15) is 29.7 Å². The first kappa shape index (κ1) is 25.1. The number of hydrogen-bond acceptors (Lipinski definition) is 7. The van der Waals surface area contributed by atoms with Gasteiger partial charge in [0, 0.05) is 49.4 Å². The zero-order valence-electron chi connectivity index (χ0n) is 23.9. The SMILES string of the molecule is C=CC(=O)N1CCN2C3=NC4OC(C)c5ccccc5N4c4cc(-c5c(C)ccc6cn(C)nc56)cc(c43)OC[C@@H]2C1. The van der Waals surface area contributed by atoms with Gasteiger partial charge < -0.3 is 19.3 Å². The van der Waals surface area contributed by atoms with E-state index in [1.54, 1.807) is 0 Å². The Bertz CT molecular complexity index is 1830. The Morgan fingerprint density at radius 2 is 1.95 bits per heavy atom. The van der Waals surface area contributed by atoms with Crippen LogP contribution in [0, 0.1) is 6.92 Å². The molecule has 9 nitrogen and oxygen atoms in total.